The minimum absolute atomic E-state index is 0.0180. The summed E-state index contributed by atoms with van der Waals surface area (Å²) in [6.07, 6.45) is 0. The maximum Gasteiger partial charge on any atom is 0.333 e. The summed E-state index contributed by atoms with van der Waals surface area (Å²) in [6, 6.07) is 50.4. The zero-order valence-corrected chi connectivity index (χ0v) is 30.0. The fraction of sp³-hybridized carbons (Fsp3) is 0.106. The van der Waals surface area contributed by atoms with E-state index >= 15 is 0 Å². The number of fused-ring (bicyclic) bond motifs is 9. The van der Waals surface area contributed by atoms with Crippen LogP contribution in [-0.4, -0.2) is 6.85 Å². The van der Waals surface area contributed by atoms with Crippen LogP contribution in [0, 0.1) is 13.8 Å². The van der Waals surface area contributed by atoms with Gasteiger partial charge in [0.1, 0.15) is 0 Å². The van der Waals surface area contributed by atoms with Crippen LogP contribution in [0.4, 0.5) is 22.7 Å². The molecule has 11 rings (SSSR count). The first-order valence-corrected chi connectivity index (χ1v) is 18.8. The molecule has 0 fully saturated rings. The molecule has 1 N–H and O–H groups in total. The van der Waals surface area contributed by atoms with Crippen molar-refractivity contribution in [2.45, 2.75) is 33.1 Å². The molecule has 0 saturated carbocycles. The first-order valence-electron chi connectivity index (χ1n) is 18.0. The number of thiophene rings is 1. The molecule has 0 spiro atoms. The topological polar surface area (TPSA) is 15.3 Å². The lowest BCUT2D eigenvalue weighted by atomic mass is 9.43. The van der Waals surface area contributed by atoms with Crippen molar-refractivity contribution < 1.29 is 0 Å². The molecule has 2 aliphatic heterocycles. The van der Waals surface area contributed by atoms with E-state index in [4.69, 9.17) is 0 Å². The lowest BCUT2D eigenvalue weighted by Gasteiger charge is -2.43. The van der Waals surface area contributed by atoms with Crippen molar-refractivity contribution in [3.8, 4) is 33.4 Å². The minimum Gasteiger partial charge on any atom is -0.376 e. The van der Waals surface area contributed by atoms with Gasteiger partial charge >= 0.3 is 6.85 Å². The second kappa shape index (κ2) is 10.2. The molecule has 51 heavy (non-hydrogen) atoms. The van der Waals surface area contributed by atoms with E-state index < -0.39 is 0 Å². The van der Waals surface area contributed by atoms with Crippen molar-refractivity contribution in [1.29, 1.82) is 0 Å². The predicted octanol–water partition coefficient (Wildman–Crippen LogP) is 11.6. The molecule has 0 unspecified atom stereocenters. The molecule has 0 bridgehead atoms. The Morgan fingerprint density at radius 3 is 2.25 bits per heavy atom. The maximum absolute atomic E-state index is 4.05. The summed E-state index contributed by atoms with van der Waals surface area (Å²) < 4.78 is 1.33. The zero-order valence-electron chi connectivity index (χ0n) is 29.1. The maximum atomic E-state index is 4.05. The Kier molecular flexibility index (Phi) is 5.86. The minimum atomic E-state index is -0.0964. The van der Waals surface area contributed by atoms with E-state index in [2.05, 4.69) is 171 Å². The van der Waals surface area contributed by atoms with E-state index in [-0.39, 0.29) is 12.3 Å². The lowest BCUT2D eigenvalue weighted by molar-refractivity contribution is 0.660. The normalized spacial score (nSPS) is 14.5. The van der Waals surface area contributed by atoms with Crippen LogP contribution in [0.2, 0.25) is 0 Å². The molecule has 2 nitrogen and oxygen atoms in total. The highest BCUT2D eigenvalue weighted by atomic mass is 32.1. The number of hydrogen-bond acceptors (Lipinski definition) is 3. The molecule has 0 amide bonds. The highest BCUT2D eigenvalue weighted by Gasteiger charge is 2.44. The SMILES string of the molecule is Cc1cc2c3c(c1)-c1cc4ccccc4cc1N(c1ccc4c(c1)C(C)(C)c1ccccc1-4)B3c1cccc(-c3c(C)sc4ccccc34)c1N2. The molecule has 3 heterocycles. The van der Waals surface area contributed by atoms with Gasteiger partial charge in [0.05, 0.1) is 0 Å². The van der Waals surface area contributed by atoms with Gasteiger partial charge in [-0.1, -0.05) is 111 Å². The van der Waals surface area contributed by atoms with Gasteiger partial charge in [-0.2, -0.15) is 0 Å². The van der Waals surface area contributed by atoms with Crippen molar-refractivity contribution in [2.75, 3.05) is 10.1 Å². The molecular formula is C47H35BN2S. The number of aryl methyl sites for hydroxylation is 2. The molecular weight excluding hydrogens is 635 g/mol. The summed E-state index contributed by atoms with van der Waals surface area (Å²) in [5, 5.41) is 7.90. The van der Waals surface area contributed by atoms with E-state index in [1.165, 1.54) is 109 Å². The Morgan fingerprint density at radius 2 is 1.37 bits per heavy atom. The van der Waals surface area contributed by atoms with Gasteiger partial charge < -0.3 is 10.1 Å². The van der Waals surface area contributed by atoms with Crippen molar-refractivity contribution in [3.63, 3.8) is 0 Å². The second-order valence-electron chi connectivity index (χ2n) is 15.1. The van der Waals surface area contributed by atoms with Crippen molar-refractivity contribution >= 4 is 72.7 Å². The van der Waals surface area contributed by atoms with Gasteiger partial charge in [-0.3, -0.25) is 0 Å². The monoisotopic (exact) mass is 670 g/mol. The molecule has 242 valence electrons. The molecule has 1 aliphatic carbocycles. The molecule has 0 saturated heterocycles. The average molecular weight is 671 g/mol. The first-order chi connectivity index (χ1) is 24.9. The van der Waals surface area contributed by atoms with Crippen LogP contribution >= 0.6 is 11.3 Å². The van der Waals surface area contributed by atoms with E-state index in [0.717, 1.165) is 0 Å². The lowest BCUT2D eigenvalue weighted by Crippen LogP contribution is -2.60. The van der Waals surface area contributed by atoms with Gasteiger partial charge in [0.15, 0.2) is 0 Å². The highest BCUT2D eigenvalue weighted by molar-refractivity contribution is 7.19. The predicted molar refractivity (Wildman–Crippen MR) is 221 cm³/mol. The number of rotatable bonds is 2. The van der Waals surface area contributed by atoms with E-state index in [1.54, 1.807) is 0 Å². The van der Waals surface area contributed by atoms with Crippen molar-refractivity contribution in [1.82, 2.24) is 0 Å². The summed E-state index contributed by atoms with van der Waals surface area (Å²) in [7, 11) is 0. The van der Waals surface area contributed by atoms with E-state index in [9.17, 15) is 0 Å². The number of nitrogens with zero attached hydrogens (tertiary/aromatic N) is 1. The van der Waals surface area contributed by atoms with Crippen LogP contribution in [0.1, 0.15) is 35.4 Å². The van der Waals surface area contributed by atoms with Gasteiger partial charge in [0.2, 0.25) is 0 Å². The molecule has 3 aliphatic rings. The third-order valence-electron chi connectivity index (χ3n) is 11.8. The molecule has 8 aromatic rings. The highest BCUT2D eigenvalue weighted by Crippen LogP contribution is 2.52. The number of anilines is 4. The van der Waals surface area contributed by atoms with Crippen LogP contribution in [0.3, 0.4) is 0 Å². The third-order valence-corrected chi connectivity index (χ3v) is 12.9. The largest absolute Gasteiger partial charge is 0.376 e. The average Bonchev–Trinajstić information content (AvgIpc) is 3.60. The summed E-state index contributed by atoms with van der Waals surface area (Å²) in [5.41, 5.74) is 19.4. The van der Waals surface area contributed by atoms with Crippen LogP contribution in [0.5, 0.6) is 0 Å². The standard InChI is InChI=1S/C47H35BN2S/c1-27-22-37-36-24-29-12-5-6-13-30(29)25-42(36)50(31-20-21-33-32-14-7-9-17-38(32)47(3,4)39(33)26-31)48-40-18-11-16-35(46(40)49-41(23-27)45(37)48)44-28(2)51-43-19-10-8-15-34(43)44/h5-26,49H,1-4H3. The molecule has 4 heteroatoms. The first kappa shape index (κ1) is 29.2. The Balaban J connectivity index is 1.22. The Bertz CT molecular complexity index is 2810. The molecule has 7 aromatic carbocycles. The molecule has 1 aromatic heterocycles. The Morgan fingerprint density at radius 1 is 0.627 bits per heavy atom. The van der Waals surface area contributed by atoms with Gasteiger partial charge in [0.25, 0.3) is 0 Å². The van der Waals surface area contributed by atoms with Crippen LogP contribution < -0.4 is 21.1 Å². The summed E-state index contributed by atoms with van der Waals surface area (Å²) >= 11 is 1.89. The van der Waals surface area contributed by atoms with Gasteiger partial charge in [-0.25, -0.2) is 0 Å². The summed E-state index contributed by atoms with van der Waals surface area (Å²) in [5.74, 6) is 0. The van der Waals surface area contributed by atoms with Crippen molar-refractivity contribution in [3.05, 3.63) is 155 Å². The van der Waals surface area contributed by atoms with Crippen LogP contribution in [0.25, 0.3) is 54.2 Å². The van der Waals surface area contributed by atoms with Gasteiger partial charge in [0, 0.05) is 59.8 Å². The fourth-order valence-corrected chi connectivity index (χ4v) is 10.6. The zero-order chi connectivity index (χ0) is 34.2. The number of nitrogens with one attached hydrogen (secondary N) is 1. The third kappa shape index (κ3) is 3.94. The van der Waals surface area contributed by atoms with Crippen molar-refractivity contribution in [2.24, 2.45) is 0 Å². The van der Waals surface area contributed by atoms with Gasteiger partial charge in [-0.05, 0) is 105 Å². The quantitative estimate of drug-likeness (QED) is 0.184. The van der Waals surface area contributed by atoms with E-state index in [0.29, 0.717) is 0 Å². The fourth-order valence-electron chi connectivity index (χ4n) is 9.54. The van der Waals surface area contributed by atoms with E-state index in [1.807, 2.05) is 11.3 Å². The number of hydrogen-bond donors (Lipinski definition) is 1. The number of benzene rings is 7. The molecule has 0 radical (unpaired) electrons. The number of para-hydroxylation sites is 1. The van der Waals surface area contributed by atoms with Crippen LogP contribution in [-0.2, 0) is 5.41 Å². The molecule has 0 atom stereocenters. The summed E-state index contributed by atoms with van der Waals surface area (Å²) in [6.45, 7) is 9.26. The van der Waals surface area contributed by atoms with Gasteiger partial charge in [-0.15, -0.1) is 11.3 Å². The summed E-state index contributed by atoms with van der Waals surface area (Å²) in [4.78, 5) is 4.00. The Labute approximate surface area is 303 Å². The van der Waals surface area contributed by atoms with Crippen LogP contribution in [0.15, 0.2) is 133 Å². The smallest absolute Gasteiger partial charge is 0.333 e. The second-order valence-corrected chi connectivity index (χ2v) is 16.3. The Hall–Kier alpha value is -5.58.